The minimum absolute atomic E-state index is 0.00900. The van der Waals surface area contributed by atoms with Gasteiger partial charge in [0, 0.05) is 0 Å². The first-order valence-electron chi connectivity index (χ1n) is 7.76. The van der Waals surface area contributed by atoms with Gasteiger partial charge in [-0.15, -0.1) is 0 Å². The molecule has 17 heavy (non-hydrogen) atoms. The van der Waals surface area contributed by atoms with Crippen molar-refractivity contribution in [3.05, 3.63) is 0 Å². The molecule has 0 amide bonds. The quantitative estimate of drug-likeness (QED) is 0.679. The van der Waals surface area contributed by atoms with Crippen LogP contribution in [0.2, 0.25) is 0 Å². The second kappa shape index (κ2) is 8.13. The average molecular weight is 240 g/mol. The summed E-state index contributed by atoms with van der Waals surface area (Å²) in [5, 5.41) is 9.47. The Kier molecular flexibility index (Phi) is 7.18. The molecule has 1 heteroatoms. The summed E-state index contributed by atoms with van der Waals surface area (Å²) in [5.74, 6) is 2.67. The topological polar surface area (TPSA) is 20.2 Å². The van der Waals surface area contributed by atoms with Gasteiger partial charge in [0.25, 0.3) is 0 Å². The molecule has 1 atom stereocenters. The van der Waals surface area contributed by atoms with E-state index in [4.69, 9.17) is 0 Å². The van der Waals surface area contributed by atoms with E-state index in [9.17, 15) is 5.11 Å². The van der Waals surface area contributed by atoms with Crippen LogP contribution in [-0.2, 0) is 0 Å². The molecule has 102 valence electrons. The molecule has 1 unspecified atom stereocenters. The molecule has 0 aliphatic heterocycles. The summed E-state index contributed by atoms with van der Waals surface area (Å²) in [4.78, 5) is 0. The van der Waals surface area contributed by atoms with Gasteiger partial charge in [-0.2, -0.15) is 0 Å². The van der Waals surface area contributed by atoms with E-state index in [1.807, 2.05) is 0 Å². The SMILES string of the molecule is CC(C)CCCC(C)CCC1CCC(O)CC1. The van der Waals surface area contributed by atoms with Crippen molar-refractivity contribution in [3.8, 4) is 0 Å². The molecule has 0 radical (unpaired) electrons. The lowest BCUT2D eigenvalue weighted by Crippen LogP contribution is -2.18. The first kappa shape index (κ1) is 15.0. The van der Waals surface area contributed by atoms with Gasteiger partial charge in [-0.3, -0.25) is 0 Å². The molecule has 1 aliphatic rings. The molecule has 1 rings (SSSR count). The summed E-state index contributed by atoms with van der Waals surface area (Å²) in [6.07, 6.45) is 11.6. The molecule has 0 bridgehead atoms. The molecule has 0 aromatic carbocycles. The van der Waals surface area contributed by atoms with Crippen LogP contribution < -0.4 is 0 Å². The van der Waals surface area contributed by atoms with Crippen LogP contribution in [0.1, 0.15) is 78.6 Å². The van der Waals surface area contributed by atoms with Gasteiger partial charge in [0.2, 0.25) is 0 Å². The molecule has 0 saturated heterocycles. The molecular weight excluding hydrogens is 208 g/mol. The molecule has 0 aromatic rings. The molecule has 1 aliphatic carbocycles. The Labute approximate surface area is 108 Å². The van der Waals surface area contributed by atoms with Crippen molar-refractivity contribution in [1.82, 2.24) is 0 Å². The van der Waals surface area contributed by atoms with Gasteiger partial charge in [0.05, 0.1) is 6.10 Å². The molecular formula is C16H32O. The Morgan fingerprint density at radius 2 is 1.59 bits per heavy atom. The molecule has 0 heterocycles. The lowest BCUT2D eigenvalue weighted by atomic mass is 9.82. The van der Waals surface area contributed by atoms with Crippen LogP contribution in [0.3, 0.4) is 0 Å². The van der Waals surface area contributed by atoms with E-state index in [2.05, 4.69) is 20.8 Å². The van der Waals surface area contributed by atoms with Crippen LogP contribution in [0, 0.1) is 17.8 Å². The number of rotatable bonds is 7. The van der Waals surface area contributed by atoms with Crippen molar-refractivity contribution >= 4 is 0 Å². The van der Waals surface area contributed by atoms with Crippen molar-refractivity contribution in [3.63, 3.8) is 0 Å². The van der Waals surface area contributed by atoms with Crippen molar-refractivity contribution in [2.75, 3.05) is 0 Å². The van der Waals surface area contributed by atoms with Crippen LogP contribution in [0.4, 0.5) is 0 Å². The van der Waals surface area contributed by atoms with Crippen molar-refractivity contribution in [2.45, 2.75) is 84.7 Å². The maximum atomic E-state index is 9.47. The zero-order valence-corrected chi connectivity index (χ0v) is 12.1. The van der Waals surface area contributed by atoms with Gasteiger partial charge in [0.1, 0.15) is 0 Å². The summed E-state index contributed by atoms with van der Waals surface area (Å²) in [6.45, 7) is 7.05. The molecule has 0 aromatic heterocycles. The number of aliphatic hydroxyl groups is 1. The largest absolute Gasteiger partial charge is 0.393 e. The van der Waals surface area contributed by atoms with Gasteiger partial charge in [-0.05, 0) is 43.4 Å². The van der Waals surface area contributed by atoms with Gasteiger partial charge in [-0.1, -0.05) is 52.9 Å². The minimum atomic E-state index is 0.00900. The van der Waals surface area contributed by atoms with E-state index in [0.717, 1.165) is 30.6 Å². The molecule has 1 N–H and O–H groups in total. The van der Waals surface area contributed by atoms with Gasteiger partial charge in [-0.25, -0.2) is 0 Å². The summed E-state index contributed by atoms with van der Waals surface area (Å²) < 4.78 is 0. The molecule has 1 nitrogen and oxygen atoms in total. The molecule has 0 spiro atoms. The van der Waals surface area contributed by atoms with Crippen LogP contribution in [0.15, 0.2) is 0 Å². The third kappa shape index (κ3) is 7.08. The minimum Gasteiger partial charge on any atom is -0.393 e. The fourth-order valence-electron chi connectivity index (χ4n) is 2.97. The van der Waals surface area contributed by atoms with E-state index in [1.54, 1.807) is 0 Å². The predicted molar refractivity (Wildman–Crippen MR) is 75.1 cm³/mol. The van der Waals surface area contributed by atoms with E-state index in [0.29, 0.717) is 0 Å². The van der Waals surface area contributed by atoms with Crippen LogP contribution >= 0.6 is 0 Å². The highest BCUT2D eigenvalue weighted by molar-refractivity contribution is 4.72. The van der Waals surface area contributed by atoms with E-state index >= 15 is 0 Å². The summed E-state index contributed by atoms with van der Waals surface area (Å²) >= 11 is 0. The number of aliphatic hydroxyl groups excluding tert-OH is 1. The third-order valence-corrected chi connectivity index (χ3v) is 4.36. The summed E-state index contributed by atoms with van der Waals surface area (Å²) in [5.41, 5.74) is 0. The van der Waals surface area contributed by atoms with Gasteiger partial charge in [0.15, 0.2) is 0 Å². The maximum Gasteiger partial charge on any atom is 0.0540 e. The maximum absolute atomic E-state index is 9.47. The normalized spacial score (nSPS) is 27.4. The Bertz CT molecular complexity index is 180. The highest BCUT2D eigenvalue weighted by Gasteiger charge is 2.19. The highest BCUT2D eigenvalue weighted by atomic mass is 16.3. The highest BCUT2D eigenvalue weighted by Crippen LogP contribution is 2.29. The first-order valence-corrected chi connectivity index (χ1v) is 7.76. The van der Waals surface area contributed by atoms with Crippen LogP contribution in [0.5, 0.6) is 0 Å². The van der Waals surface area contributed by atoms with Crippen molar-refractivity contribution in [1.29, 1.82) is 0 Å². The van der Waals surface area contributed by atoms with Gasteiger partial charge >= 0.3 is 0 Å². The number of hydrogen-bond acceptors (Lipinski definition) is 1. The standard InChI is InChI=1S/C16H32O/c1-13(2)5-4-6-14(3)7-8-15-9-11-16(17)12-10-15/h13-17H,4-12H2,1-3H3. The summed E-state index contributed by atoms with van der Waals surface area (Å²) in [6, 6.07) is 0. The summed E-state index contributed by atoms with van der Waals surface area (Å²) in [7, 11) is 0. The lowest BCUT2D eigenvalue weighted by molar-refractivity contribution is 0.104. The zero-order valence-electron chi connectivity index (χ0n) is 12.1. The molecule has 1 fully saturated rings. The Hall–Kier alpha value is -0.0400. The predicted octanol–water partition coefficient (Wildman–Crippen LogP) is 4.78. The lowest BCUT2D eigenvalue weighted by Gasteiger charge is -2.26. The van der Waals surface area contributed by atoms with Gasteiger partial charge < -0.3 is 5.11 Å². The van der Waals surface area contributed by atoms with Crippen molar-refractivity contribution < 1.29 is 5.11 Å². The van der Waals surface area contributed by atoms with Crippen LogP contribution in [0.25, 0.3) is 0 Å². The first-order chi connectivity index (χ1) is 8.08. The fraction of sp³-hybridized carbons (Fsp3) is 1.00. The zero-order chi connectivity index (χ0) is 12.7. The Balaban J connectivity index is 2.01. The smallest absolute Gasteiger partial charge is 0.0540 e. The van der Waals surface area contributed by atoms with Crippen LogP contribution in [-0.4, -0.2) is 11.2 Å². The second-order valence-electron chi connectivity index (χ2n) is 6.68. The average Bonchev–Trinajstić information content (AvgIpc) is 2.28. The van der Waals surface area contributed by atoms with E-state index in [1.165, 1.54) is 44.9 Å². The Morgan fingerprint density at radius 1 is 0.941 bits per heavy atom. The van der Waals surface area contributed by atoms with Crippen molar-refractivity contribution in [2.24, 2.45) is 17.8 Å². The monoisotopic (exact) mass is 240 g/mol. The Morgan fingerprint density at radius 3 is 2.18 bits per heavy atom. The fourth-order valence-corrected chi connectivity index (χ4v) is 2.97. The third-order valence-electron chi connectivity index (χ3n) is 4.36. The number of hydrogen-bond donors (Lipinski definition) is 1. The second-order valence-corrected chi connectivity index (χ2v) is 6.68. The van der Waals surface area contributed by atoms with E-state index < -0.39 is 0 Å². The molecule has 1 saturated carbocycles. The van der Waals surface area contributed by atoms with E-state index in [-0.39, 0.29) is 6.10 Å².